The van der Waals surface area contributed by atoms with E-state index in [0.29, 0.717) is 75.8 Å². The number of likely N-dealkylation sites (N-methyl/N-ethyl adjacent to an activating group) is 1. The number of hydrogen-bond acceptors (Lipinski definition) is 7. The Labute approximate surface area is 278 Å². The molecule has 46 heavy (non-hydrogen) atoms. The van der Waals surface area contributed by atoms with Crippen LogP contribution in [0.5, 0.6) is 0 Å². The van der Waals surface area contributed by atoms with E-state index >= 15 is 0 Å². The lowest BCUT2D eigenvalue weighted by Gasteiger charge is -2.34. The second-order valence-corrected chi connectivity index (χ2v) is 12.5. The molecule has 4 heterocycles. The molecule has 6 rings (SSSR count). The first-order chi connectivity index (χ1) is 22.1. The van der Waals surface area contributed by atoms with Crippen molar-refractivity contribution < 1.29 is 9.59 Å². The van der Waals surface area contributed by atoms with Gasteiger partial charge in [-0.15, -0.1) is 0 Å². The molecule has 2 amide bonds. The number of fused-ring (bicyclic) bond motifs is 1. The molecule has 0 atom stereocenters. The molecule has 12 heteroatoms. The number of hydrogen-bond donors (Lipinski definition) is 1. The summed E-state index contributed by atoms with van der Waals surface area (Å²) < 4.78 is 1.86. The third-order valence-corrected chi connectivity index (χ3v) is 9.57. The molecule has 2 aliphatic rings. The van der Waals surface area contributed by atoms with Crippen molar-refractivity contribution in [3.05, 3.63) is 87.0 Å². The van der Waals surface area contributed by atoms with E-state index in [1.165, 1.54) is 0 Å². The fraction of sp³-hybridized carbons (Fsp3) is 0.324. The third kappa shape index (κ3) is 6.24. The zero-order valence-electron chi connectivity index (χ0n) is 26.0. The first-order valence-corrected chi connectivity index (χ1v) is 15.9. The number of imidazole rings is 1. The van der Waals surface area contributed by atoms with Crippen LogP contribution in [0, 0.1) is 11.3 Å². The van der Waals surface area contributed by atoms with Gasteiger partial charge in [-0.05, 0) is 19.2 Å². The molecule has 2 aliphatic heterocycles. The van der Waals surface area contributed by atoms with Gasteiger partial charge in [0, 0.05) is 94.2 Å². The summed E-state index contributed by atoms with van der Waals surface area (Å²) in [6, 6.07) is 17.0. The smallest absolute Gasteiger partial charge is 0.291 e. The van der Waals surface area contributed by atoms with Gasteiger partial charge in [-0.25, -0.2) is 9.97 Å². The maximum absolute atomic E-state index is 13.3. The van der Waals surface area contributed by atoms with E-state index in [1.807, 2.05) is 66.0 Å². The highest BCUT2D eigenvalue weighted by molar-refractivity contribution is 6.39. The van der Waals surface area contributed by atoms with Crippen LogP contribution in [0.4, 0.5) is 5.69 Å². The van der Waals surface area contributed by atoms with Gasteiger partial charge in [-0.1, -0.05) is 59.6 Å². The molecule has 4 aromatic rings. The van der Waals surface area contributed by atoms with E-state index in [2.05, 4.69) is 31.2 Å². The van der Waals surface area contributed by atoms with E-state index in [-0.39, 0.29) is 11.8 Å². The van der Waals surface area contributed by atoms with E-state index < -0.39 is 0 Å². The van der Waals surface area contributed by atoms with Crippen LogP contribution in [0.15, 0.2) is 48.5 Å². The highest BCUT2D eigenvalue weighted by Crippen LogP contribution is 2.41. The summed E-state index contributed by atoms with van der Waals surface area (Å²) in [5.74, 6) is 0.0755. The van der Waals surface area contributed by atoms with Crippen molar-refractivity contribution in [2.45, 2.75) is 26.4 Å². The fourth-order valence-electron chi connectivity index (χ4n) is 6.14. The summed E-state index contributed by atoms with van der Waals surface area (Å²) in [6.07, 6.45) is 0.834. The van der Waals surface area contributed by atoms with Crippen molar-refractivity contribution in [3.63, 3.8) is 0 Å². The van der Waals surface area contributed by atoms with Gasteiger partial charge in [-0.3, -0.25) is 14.5 Å². The summed E-state index contributed by atoms with van der Waals surface area (Å²) in [5.41, 5.74) is 6.13. The van der Waals surface area contributed by atoms with Crippen molar-refractivity contribution >= 4 is 40.7 Å². The van der Waals surface area contributed by atoms with Gasteiger partial charge < -0.3 is 19.7 Å². The quantitative estimate of drug-likeness (QED) is 0.303. The average Bonchev–Trinajstić information content (AvgIpc) is 3.38. The highest BCUT2D eigenvalue weighted by Gasteiger charge is 2.25. The number of pyridine rings is 1. The Kier molecular flexibility index (Phi) is 9.11. The first kappa shape index (κ1) is 31.7. The normalized spacial score (nSPS) is 15.3. The summed E-state index contributed by atoms with van der Waals surface area (Å²) in [4.78, 5) is 40.6. The summed E-state index contributed by atoms with van der Waals surface area (Å²) in [7, 11) is 3.91. The van der Waals surface area contributed by atoms with Crippen LogP contribution in [0.25, 0.3) is 22.4 Å². The van der Waals surface area contributed by atoms with Gasteiger partial charge in [0.1, 0.15) is 11.8 Å². The van der Waals surface area contributed by atoms with Gasteiger partial charge in [0.05, 0.1) is 27.1 Å². The van der Waals surface area contributed by atoms with E-state index in [4.69, 9.17) is 23.2 Å². The van der Waals surface area contributed by atoms with Crippen LogP contribution < -0.4 is 5.32 Å². The average molecular weight is 658 g/mol. The van der Waals surface area contributed by atoms with Crippen molar-refractivity contribution in [2.75, 3.05) is 45.1 Å². The largest absolute Gasteiger partial charge is 0.340 e. The fourth-order valence-corrected chi connectivity index (χ4v) is 6.74. The Morgan fingerprint density at radius 2 is 1.61 bits per heavy atom. The van der Waals surface area contributed by atoms with Crippen molar-refractivity contribution in [3.8, 4) is 28.5 Å². The number of carbonyl (C=O) groups is 2. The maximum Gasteiger partial charge on any atom is 0.291 e. The number of rotatable bonds is 6. The number of anilines is 1. The Hall–Kier alpha value is -4.27. The lowest BCUT2D eigenvalue weighted by Crippen LogP contribution is -2.47. The first-order valence-electron chi connectivity index (χ1n) is 15.1. The number of nitrogens with zero attached hydrogens (tertiary/aromatic N) is 7. The third-order valence-electron chi connectivity index (χ3n) is 8.76. The van der Waals surface area contributed by atoms with E-state index in [0.717, 1.165) is 43.0 Å². The van der Waals surface area contributed by atoms with Crippen molar-refractivity contribution in [2.24, 2.45) is 7.05 Å². The zero-order chi connectivity index (χ0) is 32.5. The standard InChI is InChI=1S/C34H34Cl2N8O2/c1-21(45)44-16-14-43(15-17-44)19-22-10-11-26(38-28(22)18-37)25-8-4-6-23(31(25)35)24-7-5-9-27(32(24)36)40-34(46)33-39-29-20-41(2)13-12-30(29)42(33)3/h4-11H,12-17,19-20H2,1-3H3,(H,40,46). The SMILES string of the molecule is CC(=O)N1CCN(Cc2ccc(-c3cccc(-c4cccc(NC(=O)c5nc6c(n5C)CCN(C)C6)c4Cl)c3Cl)nc2C#N)CC1. The highest BCUT2D eigenvalue weighted by atomic mass is 35.5. The molecule has 0 radical (unpaired) electrons. The monoisotopic (exact) mass is 656 g/mol. The Bertz CT molecular complexity index is 1870. The molecule has 2 aromatic carbocycles. The minimum absolute atomic E-state index is 0.0797. The van der Waals surface area contributed by atoms with Crippen molar-refractivity contribution in [1.29, 1.82) is 5.26 Å². The number of aromatic nitrogens is 3. The van der Waals surface area contributed by atoms with E-state index in [9.17, 15) is 14.9 Å². The summed E-state index contributed by atoms with van der Waals surface area (Å²) in [5, 5.41) is 13.7. The van der Waals surface area contributed by atoms with Crippen LogP contribution in [-0.2, 0) is 31.4 Å². The molecule has 236 valence electrons. The lowest BCUT2D eigenvalue weighted by atomic mass is 10.00. The Morgan fingerprint density at radius 3 is 2.33 bits per heavy atom. The predicted octanol–water partition coefficient (Wildman–Crippen LogP) is 5.23. The number of nitrogens with one attached hydrogen (secondary N) is 1. The molecule has 1 saturated heterocycles. The molecule has 2 aromatic heterocycles. The molecule has 10 nitrogen and oxygen atoms in total. The van der Waals surface area contributed by atoms with Crippen LogP contribution in [0.1, 0.15) is 40.2 Å². The molecule has 0 aliphatic carbocycles. The van der Waals surface area contributed by atoms with Crippen LogP contribution >= 0.6 is 23.2 Å². The second-order valence-electron chi connectivity index (χ2n) is 11.8. The van der Waals surface area contributed by atoms with Gasteiger partial charge in [-0.2, -0.15) is 5.26 Å². The number of nitriles is 1. The van der Waals surface area contributed by atoms with Gasteiger partial charge in [0.2, 0.25) is 5.91 Å². The molecule has 0 saturated carbocycles. The van der Waals surface area contributed by atoms with Crippen molar-refractivity contribution in [1.82, 2.24) is 29.2 Å². The summed E-state index contributed by atoms with van der Waals surface area (Å²) >= 11 is 13.9. The molecule has 1 N–H and O–H groups in total. The molecule has 0 bridgehead atoms. The van der Waals surface area contributed by atoms with Gasteiger partial charge in [0.15, 0.2) is 5.82 Å². The molecule has 0 spiro atoms. The number of benzene rings is 2. The number of piperazine rings is 1. The molecule has 1 fully saturated rings. The van der Waals surface area contributed by atoms with Gasteiger partial charge in [0.25, 0.3) is 5.91 Å². The number of halogens is 2. The molecule has 0 unspecified atom stereocenters. The Morgan fingerprint density at radius 1 is 0.913 bits per heavy atom. The maximum atomic E-state index is 13.3. The van der Waals surface area contributed by atoms with Crippen LogP contribution in [0.3, 0.4) is 0 Å². The topological polar surface area (TPSA) is 110 Å². The van der Waals surface area contributed by atoms with Crippen LogP contribution in [0.2, 0.25) is 10.0 Å². The Balaban J connectivity index is 1.24. The minimum Gasteiger partial charge on any atom is -0.340 e. The van der Waals surface area contributed by atoms with E-state index in [1.54, 1.807) is 13.0 Å². The van der Waals surface area contributed by atoms with Crippen LogP contribution in [-0.4, -0.2) is 80.8 Å². The molecular weight excluding hydrogens is 623 g/mol. The lowest BCUT2D eigenvalue weighted by molar-refractivity contribution is -0.130. The summed E-state index contributed by atoms with van der Waals surface area (Å²) in [6.45, 7) is 6.59. The number of amides is 2. The van der Waals surface area contributed by atoms with Gasteiger partial charge >= 0.3 is 0 Å². The predicted molar refractivity (Wildman–Crippen MR) is 179 cm³/mol. The zero-order valence-corrected chi connectivity index (χ0v) is 27.5. The minimum atomic E-state index is -0.340. The number of carbonyl (C=O) groups excluding carboxylic acids is 2. The second kappa shape index (κ2) is 13.2. The molecular formula is C34H34Cl2N8O2.